The average molecular weight is 222 g/mol. The molecule has 0 radical (unpaired) electrons. The van der Waals surface area contributed by atoms with E-state index in [9.17, 15) is 13.2 Å². The quantitative estimate of drug-likeness (QED) is 0.609. The number of nitrogens with two attached hydrogens (primary N) is 1. The van der Waals surface area contributed by atoms with E-state index in [0.29, 0.717) is 26.1 Å². The number of hydrogen-bond acceptors (Lipinski definition) is 4. The molecule has 0 aromatic rings. The molecule has 1 fully saturated rings. The number of nitrogens with one attached hydrogen (secondary N) is 1. The molecule has 0 unspecified atom stereocenters. The highest BCUT2D eigenvalue weighted by Gasteiger charge is 2.27. The Morgan fingerprint density at radius 1 is 1.43 bits per heavy atom. The van der Waals surface area contributed by atoms with Gasteiger partial charge in [0.2, 0.25) is 15.9 Å². The standard InChI is InChI=1S/C7H14N2O4S/c8-7(10)5-9-14(11,12)6-1-3-13-4-2-6/h6,9H,1-5H2,(H2,8,10). The summed E-state index contributed by atoms with van der Waals surface area (Å²) in [6.45, 7) is 0.560. The van der Waals surface area contributed by atoms with Crippen LogP contribution in [0.15, 0.2) is 0 Å². The van der Waals surface area contributed by atoms with Crippen LogP contribution in [0.25, 0.3) is 0 Å². The van der Waals surface area contributed by atoms with Crippen LogP contribution in [-0.2, 0) is 19.6 Å². The second-order valence-electron chi connectivity index (χ2n) is 3.14. The van der Waals surface area contributed by atoms with Gasteiger partial charge in [-0.1, -0.05) is 0 Å². The molecule has 6 nitrogen and oxygen atoms in total. The summed E-state index contributed by atoms with van der Waals surface area (Å²) in [7, 11) is -3.41. The number of ether oxygens (including phenoxy) is 1. The summed E-state index contributed by atoms with van der Waals surface area (Å²) < 4.78 is 30.2. The molecule has 7 heteroatoms. The number of primary amides is 1. The Balaban J connectivity index is 2.50. The lowest BCUT2D eigenvalue weighted by Gasteiger charge is -2.21. The maximum Gasteiger partial charge on any atom is 0.232 e. The normalized spacial score (nSPS) is 19.4. The van der Waals surface area contributed by atoms with Crippen molar-refractivity contribution >= 4 is 15.9 Å². The lowest BCUT2D eigenvalue weighted by atomic mass is 10.2. The van der Waals surface area contributed by atoms with E-state index in [1.165, 1.54) is 0 Å². The highest BCUT2D eigenvalue weighted by atomic mass is 32.2. The molecular weight excluding hydrogens is 208 g/mol. The van der Waals surface area contributed by atoms with Gasteiger partial charge in [0.1, 0.15) is 0 Å². The second-order valence-corrected chi connectivity index (χ2v) is 5.19. The number of sulfonamides is 1. The number of amides is 1. The molecule has 0 saturated carbocycles. The number of carbonyl (C=O) groups excluding carboxylic acids is 1. The minimum absolute atomic E-state index is 0.334. The predicted molar refractivity (Wildman–Crippen MR) is 50.0 cm³/mol. The van der Waals surface area contributed by atoms with E-state index in [2.05, 4.69) is 4.72 Å². The molecule has 0 atom stereocenters. The average Bonchev–Trinajstić information content (AvgIpc) is 2.16. The molecule has 0 aliphatic carbocycles. The van der Waals surface area contributed by atoms with E-state index in [1.807, 2.05) is 0 Å². The van der Waals surface area contributed by atoms with Crippen molar-refractivity contribution in [2.24, 2.45) is 5.73 Å². The third kappa shape index (κ3) is 3.24. The molecule has 82 valence electrons. The number of carbonyl (C=O) groups is 1. The van der Waals surface area contributed by atoms with Crippen molar-refractivity contribution in [3.05, 3.63) is 0 Å². The summed E-state index contributed by atoms with van der Waals surface area (Å²) in [6, 6.07) is 0. The van der Waals surface area contributed by atoms with Gasteiger partial charge in [0, 0.05) is 13.2 Å². The highest BCUT2D eigenvalue weighted by Crippen LogP contribution is 2.14. The van der Waals surface area contributed by atoms with Gasteiger partial charge in [0.05, 0.1) is 11.8 Å². The molecule has 1 amide bonds. The molecule has 1 aliphatic rings. The second kappa shape index (κ2) is 4.72. The van der Waals surface area contributed by atoms with Gasteiger partial charge in [0.15, 0.2) is 0 Å². The Kier molecular flexibility index (Phi) is 3.85. The van der Waals surface area contributed by atoms with Crippen LogP contribution >= 0.6 is 0 Å². The van der Waals surface area contributed by atoms with Crippen molar-refractivity contribution in [3.8, 4) is 0 Å². The van der Waals surface area contributed by atoms with Gasteiger partial charge in [-0.25, -0.2) is 13.1 Å². The Bertz CT molecular complexity index is 295. The van der Waals surface area contributed by atoms with E-state index in [1.54, 1.807) is 0 Å². The van der Waals surface area contributed by atoms with Crippen LogP contribution in [0.2, 0.25) is 0 Å². The van der Waals surface area contributed by atoms with E-state index >= 15 is 0 Å². The van der Waals surface area contributed by atoms with Crippen molar-refractivity contribution in [1.29, 1.82) is 0 Å². The zero-order chi connectivity index (χ0) is 10.6. The van der Waals surface area contributed by atoms with Crippen LogP contribution in [-0.4, -0.2) is 39.3 Å². The predicted octanol–water partition coefficient (Wildman–Crippen LogP) is -1.43. The zero-order valence-corrected chi connectivity index (χ0v) is 8.55. The zero-order valence-electron chi connectivity index (χ0n) is 7.73. The smallest absolute Gasteiger partial charge is 0.232 e. The Hall–Kier alpha value is -0.660. The summed E-state index contributed by atoms with van der Waals surface area (Å²) in [5.41, 5.74) is 4.84. The van der Waals surface area contributed by atoms with Crippen molar-refractivity contribution < 1.29 is 17.9 Å². The molecule has 14 heavy (non-hydrogen) atoms. The molecule has 0 bridgehead atoms. The minimum Gasteiger partial charge on any atom is -0.381 e. The fourth-order valence-corrected chi connectivity index (χ4v) is 2.67. The van der Waals surface area contributed by atoms with Crippen molar-refractivity contribution in [3.63, 3.8) is 0 Å². The van der Waals surface area contributed by atoms with Crippen molar-refractivity contribution in [2.45, 2.75) is 18.1 Å². The van der Waals surface area contributed by atoms with Crippen molar-refractivity contribution in [2.75, 3.05) is 19.8 Å². The summed E-state index contributed by atoms with van der Waals surface area (Å²) in [6.07, 6.45) is 0.933. The first-order chi connectivity index (χ1) is 6.52. The number of rotatable bonds is 4. The van der Waals surface area contributed by atoms with Gasteiger partial charge >= 0.3 is 0 Å². The van der Waals surface area contributed by atoms with Crippen LogP contribution in [0.4, 0.5) is 0 Å². The number of hydrogen-bond donors (Lipinski definition) is 2. The Morgan fingerprint density at radius 3 is 2.50 bits per heavy atom. The first-order valence-corrected chi connectivity index (χ1v) is 5.91. The first-order valence-electron chi connectivity index (χ1n) is 4.37. The molecule has 1 heterocycles. The fraction of sp³-hybridized carbons (Fsp3) is 0.857. The van der Waals surface area contributed by atoms with Crippen LogP contribution in [0.5, 0.6) is 0 Å². The van der Waals surface area contributed by atoms with Gasteiger partial charge in [-0.2, -0.15) is 0 Å². The van der Waals surface area contributed by atoms with E-state index in [0.717, 1.165) is 0 Å². The largest absolute Gasteiger partial charge is 0.381 e. The molecular formula is C7H14N2O4S. The highest BCUT2D eigenvalue weighted by molar-refractivity contribution is 7.90. The van der Waals surface area contributed by atoms with Crippen LogP contribution in [0.1, 0.15) is 12.8 Å². The lowest BCUT2D eigenvalue weighted by Crippen LogP contribution is -2.41. The van der Waals surface area contributed by atoms with Crippen molar-refractivity contribution in [1.82, 2.24) is 4.72 Å². The molecule has 0 spiro atoms. The minimum atomic E-state index is -3.41. The summed E-state index contributed by atoms with van der Waals surface area (Å²) in [5.74, 6) is -0.680. The van der Waals surface area contributed by atoms with Gasteiger partial charge in [0.25, 0.3) is 0 Å². The molecule has 3 N–H and O–H groups in total. The summed E-state index contributed by atoms with van der Waals surface area (Å²) in [5, 5.41) is -0.462. The van der Waals surface area contributed by atoms with E-state index < -0.39 is 21.2 Å². The fourth-order valence-electron chi connectivity index (χ4n) is 1.28. The molecule has 1 saturated heterocycles. The summed E-state index contributed by atoms with van der Waals surface area (Å²) in [4.78, 5) is 10.4. The maximum absolute atomic E-state index is 11.5. The van der Waals surface area contributed by atoms with Crippen LogP contribution < -0.4 is 10.5 Å². The lowest BCUT2D eigenvalue weighted by molar-refractivity contribution is -0.116. The Labute approximate surface area is 82.8 Å². The third-order valence-electron chi connectivity index (χ3n) is 2.05. The molecule has 1 rings (SSSR count). The van der Waals surface area contributed by atoms with Gasteiger partial charge in [-0.15, -0.1) is 0 Å². The Morgan fingerprint density at radius 2 is 2.00 bits per heavy atom. The molecule has 0 aromatic heterocycles. The molecule has 0 aromatic carbocycles. The first kappa shape index (κ1) is 11.4. The monoisotopic (exact) mass is 222 g/mol. The van der Waals surface area contributed by atoms with E-state index in [4.69, 9.17) is 10.5 Å². The maximum atomic E-state index is 11.5. The van der Waals surface area contributed by atoms with Gasteiger partial charge in [-0.3, -0.25) is 4.79 Å². The molecule has 1 aliphatic heterocycles. The topological polar surface area (TPSA) is 98.5 Å². The van der Waals surface area contributed by atoms with Gasteiger partial charge in [-0.05, 0) is 12.8 Å². The SMILES string of the molecule is NC(=O)CNS(=O)(=O)C1CCOCC1. The van der Waals surface area contributed by atoms with Gasteiger partial charge < -0.3 is 10.5 Å². The van der Waals surface area contributed by atoms with E-state index in [-0.39, 0.29) is 6.54 Å². The summed E-state index contributed by atoms with van der Waals surface area (Å²) >= 11 is 0. The van der Waals surface area contributed by atoms with Crippen LogP contribution in [0, 0.1) is 0 Å². The third-order valence-corrected chi connectivity index (χ3v) is 3.95. The van der Waals surface area contributed by atoms with Crippen LogP contribution in [0.3, 0.4) is 0 Å².